The molecule has 1 heterocycles. The number of carboxylic acids is 1. The fourth-order valence-electron chi connectivity index (χ4n) is 2.37. The van der Waals surface area contributed by atoms with E-state index in [9.17, 15) is 4.79 Å². The van der Waals surface area contributed by atoms with Crippen molar-refractivity contribution in [2.24, 2.45) is 10.9 Å². The third-order valence-electron chi connectivity index (χ3n) is 3.44. The maximum absolute atomic E-state index is 10.9. The Bertz CT molecular complexity index is 488. The van der Waals surface area contributed by atoms with Gasteiger partial charge in [-0.2, -0.15) is 5.10 Å². The number of aliphatic imine (C=N–C) groups is 1. The fourth-order valence-corrected chi connectivity index (χ4v) is 2.37. The Morgan fingerprint density at radius 3 is 2.79 bits per heavy atom. The average molecular weight is 263 g/mol. The summed E-state index contributed by atoms with van der Waals surface area (Å²) in [4.78, 5) is 14.3. The third kappa shape index (κ3) is 3.18. The van der Waals surface area contributed by atoms with Gasteiger partial charge in [-0.3, -0.25) is 14.9 Å². The lowest BCUT2D eigenvalue weighted by Crippen LogP contribution is -2.23. The number of aromatic nitrogens is 2. The van der Waals surface area contributed by atoms with Crippen LogP contribution in [-0.2, 0) is 4.79 Å². The van der Waals surface area contributed by atoms with E-state index in [2.05, 4.69) is 22.1 Å². The molecule has 0 saturated heterocycles. The molecule has 1 aromatic heterocycles. The van der Waals surface area contributed by atoms with Crippen molar-refractivity contribution in [3.05, 3.63) is 12.4 Å². The van der Waals surface area contributed by atoms with E-state index in [0.29, 0.717) is 18.5 Å². The van der Waals surface area contributed by atoms with Crippen molar-refractivity contribution >= 4 is 24.3 Å². The minimum Gasteiger partial charge on any atom is -0.481 e. The monoisotopic (exact) mass is 263 g/mol. The molecule has 1 aromatic rings. The van der Waals surface area contributed by atoms with Crippen LogP contribution in [0.1, 0.15) is 31.7 Å². The standard InChI is InChI=1S/C12H17N5O2/c1-14-12(13)16-9-6-15-17(7-9)10-4-2-8(3-5-10)11(18)19/h6-8,10H,1-5H2,(H2,13,16)(H,18,19)/t8-,10-. The summed E-state index contributed by atoms with van der Waals surface area (Å²) in [5, 5.41) is 23.3. The first-order chi connectivity index (χ1) is 9.10. The highest BCUT2D eigenvalue weighted by Gasteiger charge is 2.27. The van der Waals surface area contributed by atoms with Crippen molar-refractivity contribution in [1.29, 1.82) is 5.41 Å². The summed E-state index contributed by atoms with van der Waals surface area (Å²) in [5.74, 6) is -0.941. The van der Waals surface area contributed by atoms with Crippen molar-refractivity contribution in [2.75, 3.05) is 5.32 Å². The molecule has 19 heavy (non-hydrogen) atoms. The van der Waals surface area contributed by atoms with E-state index < -0.39 is 5.97 Å². The molecule has 0 aliphatic heterocycles. The van der Waals surface area contributed by atoms with Crippen molar-refractivity contribution in [1.82, 2.24) is 9.78 Å². The Balaban J connectivity index is 1.95. The van der Waals surface area contributed by atoms with Crippen LogP contribution in [0.25, 0.3) is 0 Å². The molecule has 1 saturated carbocycles. The Kier molecular flexibility index (Phi) is 3.94. The number of hydrogen-bond acceptors (Lipinski definition) is 3. The Labute approximate surface area is 110 Å². The summed E-state index contributed by atoms with van der Waals surface area (Å²) in [5.41, 5.74) is 0.692. The fraction of sp³-hybridized carbons (Fsp3) is 0.500. The van der Waals surface area contributed by atoms with Gasteiger partial charge in [-0.25, -0.2) is 4.99 Å². The molecule has 0 amide bonds. The number of nitrogens with zero attached hydrogens (tertiary/aromatic N) is 3. The molecule has 1 fully saturated rings. The van der Waals surface area contributed by atoms with E-state index in [1.54, 1.807) is 6.20 Å². The highest BCUT2D eigenvalue weighted by molar-refractivity contribution is 5.93. The van der Waals surface area contributed by atoms with Crippen LogP contribution in [0.4, 0.5) is 5.69 Å². The number of nitrogens with one attached hydrogen (secondary N) is 2. The zero-order valence-corrected chi connectivity index (χ0v) is 10.5. The second kappa shape index (κ2) is 5.64. The van der Waals surface area contributed by atoms with Crippen LogP contribution in [0.2, 0.25) is 0 Å². The van der Waals surface area contributed by atoms with E-state index in [4.69, 9.17) is 10.5 Å². The molecule has 0 aromatic carbocycles. The molecule has 1 aliphatic rings. The first-order valence-electron chi connectivity index (χ1n) is 6.19. The van der Waals surface area contributed by atoms with E-state index in [-0.39, 0.29) is 17.9 Å². The van der Waals surface area contributed by atoms with Gasteiger partial charge in [-0.1, -0.05) is 0 Å². The quantitative estimate of drug-likeness (QED) is 0.570. The highest BCUT2D eigenvalue weighted by atomic mass is 16.4. The first kappa shape index (κ1) is 13.3. The van der Waals surface area contributed by atoms with Crippen LogP contribution < -0.4 is 5.32 Å². The van der Waals surface area contributed by atoms with Crippen LogP contribution in [0, 0.1) is 11.3 Å². The molecule has 7 nitrogen and oxygen atoms in total. The largest absolute Gasteiger partial charge is 0.481 e. The minimum atomic E-state index is -0.702. The number of rotatable bonds is 3. The zero-order chi connectivity index (χ0) is 13.8. The van der Waals surface area contributed by atoms with Gasteiger partial charge in [0.15, 0.2) is 0 Å². The van der Waals surface area contributed by atoms with Crippen LogP contribution in [-0.4, -0.2) is 33.5 Å². The van der Waals surface area contributed by atoms with E-state index in [1.165, 1.54) is 0 Å². The van der Waals surface area contributed by atoms with Gasteiger partial charge in [0.25, 0.3) is 0 Å². The van der Waals surface area contributed by atoms with Crippen LogP contribution >= 0.6 is 0 Å². The molecule has 2 rings (SSSR count). The lowest BCUT2D eigenvalue weighted by Gasteiger charge is -2.26. The maximum Gasteiger partial charge on any atom is 0.306 e. The SMILES string of the molecule is C=NC(=N)Nc1cnn([C@H]2CC[C@H](C(=O)O)CC2)c1. The summed E-state index contributed by atoms with van der Waals surface area (Å²) in [6, 6.07) is 0.233. The Hall–Kier alpha value is -2.18. The van der Waals surface area contributed by atoms with Crippen LogP contribution in [0.5, 0.6) is 0 Å². The molecule has 7 heteroatoms. The third-order valence-corrected chi connectivity index (χ3v) is 3.44. The van der Waals surface area contributed by atoms with E-state index in [0.717, 1.165) is 12.8 Å². The van der Waals surface area contributed by atoms with Crippen LogP contribution in [0.15, 0.2) is 17.4 Å². The minimum absolute atomic E-state index is 0.0193. The highest BCUT2D eigenvalue weighted by Crippen LogP contribution is 2.32. The molecule has 0 atom stereocenters. The molecular weight excluding hydrogens is 246 g/mol. The molecule has 102 valence electrons. The Morgan fingerprint density at radius 2 is 2.21 bits per heavy atom. The smallest absolute Gasteiger partial charge is 0.306 e. The van der Waals surface area contributed by atoms with Crippen molar-refractivity contribution in [3.63, 3.8) is 0 Å². The van der Waals surface area contributed by atoms with Crippen molar-refractivity contribution in [3.8, 4) is 0 Å². The van der Waals surface area contributed by atoms with Gasteiger partial charge < -0.3 is 10.4 Å². The second-order valence-electron chi connectivity index (χ2n) is 4.68. The van der Waals surface area contributed by atoms with Gasteiger partial charge in [0, 0.05) is 6.20 Å². The average Bonchev–Trinajstić information content (AvgIpc) is 2.87. The van der Waals surface area contributed by atoms with Gasteiger partial charge in [0.1, 0.15) is 0 Å². The van der Waals surface area contributed by atoms with Gasteiger partial charge in [0.05, 0.1) is 23.8 Å². The normalized spacial score (nSPS) is 22.7. The summed E-state index contributed by atoms with van der Waals surface area (Å²) in [6.07, 6.45) is 6.44. The Morgan fingerprint density at radius 1 is 1.53 bits per heavy atom. The van der Waals surface area contributed by atoms with Crippen molar-refractivity contribution in [2.45, 2.75) is 31.7 Å². The van der Waals surface area contributed by atoms with Gasteiger partial charge >= 0.3 is 5.97 Å². The molecule has 0 unspecified atom stereocenters. The van der Waals surface area contributed by atoms with Gasteiger partial charge in [0.2, 0.25) is 5.96 Å². The number of guanidine groups is 1. The topological polar surface area (TPSA) is 103 Å². The number of carbonyl (C=O) groups is 1. The maximum atomic E-state index is 10.9. The number of carboxylic acid groups (broad SMARTS) is 1. The first-order valence-corrected chi connectivity index (χ1v) is 6.19. The van der Waals surface area contributed by atoms with E-state index in [1.807, 2.05) is 10.9 Å². The molecule has 0 radical (unpaired) electrons. The molecule has 0 bridgehead atoms. The summed E-state index contributed by atoms with van der Waals surface area (Å²) >= 11 is 0. The molecule has 3 N–H and O–H groups in total. The second-order valence-corrected chi connectivity index (χ2v) is 4.68. The number of hydrogen-bond donors (Lipinski definition) is 3. The number of anilines is 1. The summed E-state index contributed by atoms with van der Waals surface area (Å²) in [7, 11) is 0. The molecule has 1 aliphatic carbocycles. The molecule has 0 spiro atoms. The molecular formula is C12H17N5O2. The van der Waals surface area contributed by atoms with Gasteiger partial charge in [-0.05, 0) is 32.4 Å². The van der Waals surface area contributed by atoms with Crippen molar-refractivity contribution < 1.29 is 9.90 Å². The predicted molar refractivity (Wildman–Crippen MR) is 71.8 cm³/mol. The van der Waals surface area contributed by atoms with E-state index >= 15 is 0 Å². The summed E-state index contributed by atoms with van der Waals surface area (Å²) in [6.45, 7) is 3.26. The summed E-state index contributed by atoms with van der Waals surface area (Å²) < 4.78 is 1.83. The lowest BCUT2D eigenvalue weighted by molar-refractivity contribution is -0.143. The zero-order valence-electron chi connectivity index (χ0n) is 10.5. The van der Waals surface area contributed by atoms with Crippen LogP contribution in [0.3, 0.4) is 0 Å². The predicted octanol–water partition coefficient (Wildman–Crippen LogP) is 1.75. The lowest BCUT2D eigenvalue weighted by atomic mass is 9.86. The van der Waals surface area contributed by atoms with Gasteiger partial charge in [-0.15, -0.1) is 0 Å². The number of aliphatic carboxylic acids is 1.